The van der Waals surface area contributed by atoms with Crippen molar-refractivity contribution in [3.63, 3.8) is 0 Å². The molecule has 1 nitrogen and oxygen atoms in total. The average Bonchev–Trinajstić information content (AvgIpc) is 2.06. The van der Waals surface area contributed by atoms with Gasteiger partial charge in [0, 0.05) is 0 Å². The molecule has 1 aliphatic rings. The van der Waals surface area contributed by atoms with Gasteiger partial charge in [-0.25, -0.2) is 0 Å². The highest BCUT2D eigenvalue weighted by Crippen LogP contribution is 2.34. The van der Waals surface area contributed by atoms with Crippen LogP contribution in [0.15, 0.2) is 0 Å². The van der Waals surface area contributed by atoms with E-state index >= 15 is 0 Å². The summed E-state index contributed by atoms with van der Waals surface area (Å²) in [7, 11) is 0. The van der Waals surface area contributed by atoms with Crippen LogP contribution in [0, 0.1) is 5.92 Å². The molecule has 1 unspecified atom stereocenters. The van der Waals surface area contributed by atoms with Gasteiger partial charge >= 0.3 is 0 Å². The van der Waals surface area contributed by atoms with Crippen molar-refractivity contribution < 1.29 is 5.11 Å². The standard InChI is InChI=1S/C10H20O/c1-3-10(2,11)9-7-5-4-6-8-9/h9,11H,3-8H2,1-2H3. The van der Waals surface area contributed by atoms with Crippen molar-refractivity contribution in [2.75, 3.05) is 0 Å². The molecule has 0 radical (unpaired) electrons. The van der Waals surface area contributed by atoms with Crippen LogP contribution >= 0.6 is 0 Å². The van der Waals surface area contributed by atoms with Gasteiger partial charge in [0.15, 0.2) is 0 Å². The average molecular weight is 156 g/mol. The van der Waals surface area contributed by atoms with Crippen LogP contribution in [-0.4, -0.2) is 10.7 Å². The maximum atomic E-state index is 9.95. The first kappa shape index (κ1) is 9.05. The third-order valence-electron chi connectivity index (χ3n) is 3.20. The fourth-order valence-electron chi connectivity index (χ4n) is 2.01. The molecule has 0 aromatic carbocycles. The lowest BCUT2D eigenvalue weighted by Crippen LogP contribution is -2.34. The molecule has 0 aliphatic heterocycles. The van der Waals surface area contributed by atoms with Crippen LogP contribution in [0.3, 0.4) is 0 Å². The Kier molecular flexibility index (Phi) is 2.94. The summed E-state index contributed by atoms with van der Waals surface area (Å²) in [5, 5.41) is 9.95. The van der Waals surface area contributed by atoms with E-state index in [0.29, 0.717) is 5.92 Å². The number of rotatable bonds is 2. The van der Waals surface area contributed by atoms with Crippen LogP contribution in [0.4, 0.5) is 0 Å². The Morgan fingerprint density at radius 1 is 1.27 bits per heavy atom. The first-order valence-corrected chi connectivity index (χ1v) is 4.89. The summed E-state index contributed by atoms with van der Waals surface area (Å²) in [5.74, 6) is 0.571. The van der Waals surface area contributed by atoms with E-state index in [1.165, 1.54) is 32.1 Å². The van der Waals surface area contributed by atoms with E-state index in [0.717, 1.165) is 6.42 Å². The smallest absolute Gasteiger partial charge is 0.0645 e. The third-order valence-corrected chi connectivity index (χ3v) is 3.20. The molecule has 11 heavy (non-hydrogen) atoms. The van der Waals surface area contributed by atoms with Crippen LogP contribution in [-0.2, 0) is 0 Å². The summed E-state index contributed by atoms with van der Waals surface area (Å²) >= 11 is 0. The summed E-state index contributed by atoms with van der Waals surface area (Å²) in [6.45, 7) is 4.07. The highest BCUT2D eigenvalue weighted by Gasteiger charge is 2.30. The highest BCUT2D eigenvalue weighted by molar-refractivity contribution is 4.82. The second-order valence-corrected chi connectivity index (χ2v) is 4.05. The van der Waals surface area contributed by atoms with Crippen LogP contribution < -0.4 is 0 Å². The van der Waals surface area contributed by atoms with Crippen LogP contribution in [0.1, 0.15) is 52.4 Å². The minimum Gasteiger partial charge on any atom is -0.390 e. The van der Waals surface area contributed by atoms with Crippen molar-refractivity contribution in [3.8, 4) is 0 Å². The van der Waals surface area contributed by atoms with E-state index in [1.807, 2.05) is 6.92 Å². The van der Waals surface area contributed by atoms with Crippen molar-refractivity contribution in [1.82, 2.24) is 0 Å². The second-order valence-electron chi connectivity index (χ2n) is 4.05. The second kappa shape index (κ2) is 3.57. The number of hydrogen-bond donors (Lipinski definition) is 1. The van der Waals surface area contributed by atoms with Crippen molar-refractivity contribution >= 4 is 0 Å². The molecule has 1 fully saturated rings. The molecule has 66 valence electrons. The zero-order valence-electron chi connectivity index (χ0n) is 7.77. The van der Waals surface area contributed by atoms with Crippen molar-refractivity contribution in [2.45, 2.75) is 58.0 Å². The van der Waals surface area contributed by atoms with Crippen molar-refractivity contribution in [1.29, 1.82) is 0 Å². The van der Waals surface area contributed by atoms with Gasteiger partial charge in [0.25, 0.3) is 0 Å². The van der Waals surface area contributed by atoms with Gasteiger partial charge in [-0.1, -0.05) is 26.2 Å². The molecule has 1 N–H and O–H groups in total. The summed E-state index contributed by atoms with van der Waals surface area (Å²) in [6.07, 6.45) is 7.39. The molecule has 0 spiro atoms. The van der Waals surface area contributed by atoms with Gasteiger partial charge < -0.3 is 5.11 Å². The summed E-state index contributed by atoms with van der Waals surface area (Å²) in [4.78, 5) is 0. The zero-order chi connectivity index (χ0) is 8.32. The minimum absolute atomic E-state index is 0.388. The predicted molar refractivity (Wildman–Crippen MR) is 47.5 cm³/mol. The summed E-state index contributed by atoms with van der Waals surface area (Å²) in [6, 6.07) is 0. The lowest BCUT2D eigenvalue weighted by Gasteiger charge is -2.34. The Balaban J connectivity index is 2.43. The monoisotopic (exact) mass is 156 g/mol. The molecule has 1 heteroatoms. The van der Waals surface area contributed by atoms with E-state index < -0.39 is 0 Å². The van der Waals surface area contributed by atoms with E-state index in [9.17, 15) is 5.11 Å². The molecule has 1 saturated carbocycles. The van der Waals surface area contributed by atoms with Gasteiger partial charge in [-0.2, -0.15) is 0 Å². The Labute approximate surface area is 69.8 Å². The molecule has 1 rings (SSSR count). The summed E-state index contributed by atoms with van der Waals surface area (Å²) < 4.78 is 0. The van der Waals surface area contributed by atoms with E-state index in [2.05, 4.69) is 6.92 Å². The highest BCUT2D eigenvalue weighted by atomic mass is 16.3. The van der Waals surface area contributed by atoms with Gasteiger partial charge in [-0.3, -0.25) is 0 Å². The number of aliphatic hydroxyl groups is 1. The lowest BCUT2D eigenvalue weighted by molar-refractivity contribution is -0.0194. The minimum atomic E-state index is -0.388. The third kappa shape index (κ3) is 2.19. The van der Waals surface area contributed by atoms with E-state index in [-0.39, 0.29) is 5.60 Å². The van der Waals surface area contributed by atoms with Crippen LogP contribution in [0.5, 0.6) is 0 Å². The van der Waals surface area contributed by atoms with Crippen molar-refractivity contribution in [2.24, 2.45) is 5.92 Å². The first-order valence-electron chi connectivity index (χ1n) is 4.89. The first-order chi connectivity index (χ1) is 5.17. The number of hydrogen-bond acceptors (Lipinski definition) is 1. The molecular weight excluding hydrogens is 136 g/mol. The molecular formula is C10H20O. The quantitative estimate of drug-likeness (QED) is 0.651. The molecule has 0 aromatic rings. The van der Waals surface area contributed by atoms with Gasteiger partial charge in [0.1, 0.15) is 0 Å². The normalized spacial score (nSPS) is 26.5. The fourth-order valence-corrected chi connectivity index (χ4v) is 2.01. The predicted octanol–water partition coefficient (Wildman–Crippen LogP) is 2.73. The van der Waals surface area contributed by atoms with Crippen molar-refractivity contribution in [3.05, 3.63) is 0 Å². The van der Waals surface area contributed by atoms with E-state index in [4.69, 9.17) is 0 Å². The van der Waals surface area contributed by atoms with Crippen LogP contribution in [0.25, 0.3) is 0 Å². The molecule has 1 aliphatic carbocycles. The zero-order valence-corrected chi connectivity index (χ0v) is 7.77. The van der Waals surface area contributed by atoms with Crippen LogP contribution in [0.2, 0.25) is 0 Å². The largest absolute Gasteiger partial charge is 0.390 e. The fraction of sp³-hybridized carbons (Fsp3) is 1.00. The molecule has 0 aromatic heterocycles. The maximum absolute atomic E-state index is 9.95. The van der Waals surface area contributed by atoms with Gasteiger partial charge in [0.05, 0.1) is 5.60 Å². The van der Waals surface area contributed by atoms with E-state index in [1.54, 1.807) is 0 Å². The molecule has 0 bridgehead atoms. The molecule has 0 saturated heterocycles. The summed E-state index contributed by atoms with van der Waals surface area (Å²) in [5.41, 5.74) is -0.388. The molecule has 1 atom stereocenters. The SMILES string of the molecule is CCC(C)(O)C1CCCCC1. The maximum Gasteiger partial charge on any atom is 0.0645 e. The molecule has 0 heterocycles. The topological polar surface area (TPSA) is 20.2 Å². The molecule has 0 amide bonds. The lowest BCUT2D eigenvalue weighted by atomic mass is 9.77. The van der Waals surface area contributed by atoms with Gasteiger partial charge in [-0.15, -0.1) is 0 Å². The Morgan fingerprint density at radius 2 is 1.82 bits per heavy atom. The Morgan fingerprint density at radius 3 is 2.27 bits per heavy atom. The van der Waals surface area contributed by atoms with Gasteiger partial charge in [0.2, 0.25) is 0 Å². The Hall–Kier alpha value is -0.0400. The Bertz CT molecular complexity index is 112. The van der Waals surface area contributed by atoms with Gasteiger partial charge in [-0.05, 0) is 32.1 Å².